The van der Waals surface area contributed by atoms with Crippen molar-refractivity contribution >= 4 is 5.91 Å². The van der Waals surface area contributed by atoms with E-state index < -0.39 is 5.60 Å². The zero-order valence-electron chi connectivity index (χ0n) is 16.1. The third-order valence-electron chi connectivity index (χ3n) is 3.70. The Balaban J connectivity index is 2.09. The van der Waals surface area contributed by atoms with Crippen LogP contribution in [0.5, 0.6) is 0 Å². The zero-order chi connectivity index (χ0) is 19.7. The number of amides is 1. The van der Waals surface area contributed by atoms with Crippen LogP contribution in [0.4, 0.5) is 0 Å². The zero-order valence-corrected chi connectivity index (χ0v) is 16.1. The van der Waals surface area contributed by atoms with Crippen molar-refractivity contribution in [1.82, 2.24) is 4.90 Å². The predicted molar refractivity (Wildman–Crippen MR) is 109 cm³/mol. The lowest BCUT2D eigenvalue weighted by molar-refractivity contribution is 0.0777. The van der Waals surface area contributed by atoms with Crippen LogP contribution in [-0.2, 0) is 0 Å². The fourth-order valence-electron chi connectivity index (χ4n) is 2.38. The molecule has 0 saturated heterocycles. The molecule has 3 heteroatoms. The fraction of sp³-hybridized carbons (Fsp3) is 0.292. The number of carbonyl (C=O) groups is 1. The molecule has 0 heterocycles. The van der Waals surface area contributed by atoms with Crippen LogP contribution in [0.2, 0.25) is 0 Å². The summed E-state index contributed by atoms with van der Waals surface area (Å²) in [6.45, 7) is 6.36. The standard InChI is InChI=1S/C24H25NO2/c1-4-18-25(19-8-11-20-9-6-5-7-10-20)23(26)22-14-12-21(13-15-22)16-17-24(2,3)27/h5-7,9-10,12-15,27H,4,18-19H2,1-3H3. The summed E-state index contributed by atoms with van der Waals surface area (Å²) in [7, 11) is 0. The molecule has 0 fully saturated rings. The Morgan fingerprint density at radius 3 is 2.22 bits per heavy atom. The van der Waals surface area contributed by atoms with Crippen LogP contribution in [0.15, 0.2) is 54.6 Å². The summed E-state index contributed by atoms with van der Waals surface area (Å²) in [6, 6.07) is 16.9. The van der Waals surface area contributed by atoms with Crippen LogP contribution < -0.4 is 0 Å². The van der Waals surface area contributed by atoms with Gasteiger partial charge in [-0.25, -0.2) is 0 Å². The average Bonchev–Trinajstić information content (AvgIpc) is 2.66. The van der Waals surface area contributed by atoms with Crippen LogP contribution in [0.3, 0.4) is 0 Å². The molecule has 2 rings (SSSR count). The molecular formula is C24H25NO2. The molecule has 0 aromatic heterocycles. The predicted octanol–water partition coefficient (Wildman–Crippen LogP) is 3.71. The first-order valence-electron chi connectivity index (χ1n) is 9.08. The molecule has 2 aromatic carbocycles. The van der Waals surface area contributed by atoms with Gasteiger partial charge in [-0.2, -0.15) is 0 Å². The number of aliphatic hydroxyl groups is 1. The number of benzene rings is 2. The van der Waals surface area contributed by atoms with Crippen molar-refractivity contribution < 1.29 is 9.90 Å². The largest absolute Gasteiger partial charge is 0.378 e. The molecule has 0 saturated carbocycles. The van der Waals surface area contributed by atoms with E-state index in [1.165, 1.54) is 0 Å². The van der Waals surface area contributed by atoms with Crippen molar-refractivity contribution in [2.75, 3.05) is 13.1 Å². The van der Waals surface area contributed by atoms with E-state index >= 15 is 0 Å². The van der Waals surface area contributed by atoms with Crippen molar-refractivity contribution in [2.45, 2.75) is 32.8 Å². The summed E-state index contributed by atoms with van der Waals surface area (Å²) in [5, 5.41) is 9.67. The van der Waals surface area contributed by atoms with Gasteiger partial charge in [-0.15, -0.1) is 0 Å². The van der Waals surface area contributed by atoms with Gasteiger partial charge in [0.25, 0.3) is 5.91 Å². The van der Waals surface area contributed by atoms with Gasteiger partial charge in [0.05, 0.1) is 6.54 Å². The summed E-state index contributed by atoms with van der Waals surface area (Å²) >= 11 is 0. The average molecular weight is 359 g/mol. The molecule has 0 unspecified atom stereocenters. The highest BCUT2D eigenvalue weighted by Crippen LogP contribution is 2.09. The number of nitrogens with zero attached hydrogens (tertiary/aromatic N) is 1. The maximum absolute atomic E-state index is 12.8. The lowest BCUT2D eigenvalue weighted by Gasteiger charge is -2.19. The summed E-state index contributed by atoms with van der Waals surface area (Å²) in [6.07, 6.45) is 0.869. The normalized spacial score (nSPS) is 10.2. The SMILES string of the molecule is CCCN(CC#Cc1ccccc1)C(=O)c1ccc(C#CC(C)(C)O)cc1. The van der Waals surface area contributed by atoms with Crippen molar-refractivity contribution in [2.24, 2.45) is 0 Å². The lowest BCUT2D eigenvalue weighted by atomic mass is 10.1. The molecule has 3 nitrogen and oxygen atoms in total. The molecule has 0 aliphatic heterocycles. The second kappa shape index (κ2) is 9.62. The minimum absolute atomic E-state index is 0.0405. The Morgan fingerprint density at radius 2 is 1.63 bits per heavy atom. The number of hydrogen-bond donors (Lipinski definition) is 1. The van der Waals surface area contributed by atoms with Gasteiger partial charge in [0.1, 0.15) is 5.60 Å². The third-order valence-corrected chi connectivity index (χ3v) is 3.70. The van der Waals surface area contributed by atoms with Crippen molar-refractivity contribution in [3.05, 3.63) is 71.3 Å². The van der Waals surface area contributed by atoms with Gasteiger partial charge in [0.2, 0.25) is 0 Å². The highest BCUT2D eigenvalue weighted by molar-refractivity contribution is 5.94. The Labute approximate surface area is 162 Å². The molecule has 0 bridgehead atoms. The first-order valence-corrected chi connectivity index (χ1v) is 9.08. The van der Waals surface area contributed by atoms with Crippen LogP contribution in [0.25, 0.3) is 0 Å². The molecule has 27 heavy (non-hydrogen) atoms. The van der Waals surface area contributed by atoms with E-state index in [0.717, 1.165) is 17.5 Å². The van der Waals surface area contributed by atoms with Gasteiger partial charge >= 0.3 is 0 Å². The maximum Gasteiger partial charge on any atom is 0.254 e. The highest BCUT2D eigenvalue weighted by Gasteiger charge is 2.14. The summed E-state index contributed by atoms with van der Waals surface area (Å²) in [5.74, 6) is 11.8. The molecule has 0 radical (unpaired) electrons. The smallest absolute Gasteiger partial charge is 0.254 e. The van der Waals surface area contributed by atoms with Crippen molar-refractivity contribution in [3.63, 3.8) is 0 Å². The van der Waals surface area contributed by atoms with Gasteiger partial charge in [-0.3, -0.25) is 4.79 Å². The van der Waals surface area contributed by atoms with Crippen LogP contribution in [-0.4, -0.2) is 34.6 Å². The topological polar surface area (TPSA) is 40.5 Å². The monoisotopic (exact) mass is 359 g/mol. The van der Waals surface area contributed by atoms with E-state index in [1.54, 1.807) is 43.0 Å². The van der Waals surface area contributed by atoms with Crippen molar-refractivity contribution in [3.8, 4) is 23.7 Å². The van der Waals surface area contributed by atoms with E-state index in [4.69, 9.17) is 0 Å². The Kier molecular flexibility index (Phi) is 7.24. The quantitative estimate of drug-likeness (QED) is 0.846. The minimum atomic E-state index is -1.04. The van der Waals surface area contributed by atoms with Crippen molar-refractivity contribution in [1.29, 1.82) is 0 Å². The minimum Gasteiger partial charge on any atom is -0.378 e. The van der Waals surface area contributed by atoms with E-state index in [2.05, 4.69) is 23.7 Å². The Hall–Kier alpha value is -3.01. The third kappa shape index (κ3) is 7.02. The molecule has 0 spiro atoms. The summed E-state index contributed by atoms with van der Waals surface area (Å²) in [4.78, 5) is 14.5. The number of rotatable bonds is 4. The second-order valence-corrected chi connectivity index (χ2v) is 6.78. The molecule has 138 valence electrons. The summed E-state index contributed by atoms with van der Waals surface area (Å²) < 4.78 is 0. The van der Waals surface area contributed by atoms with Gasteiger partial charge in [-0.1, -0.05) is 48.8 Å². The van der Waals surface area contributed by atoms with Gasteiger partial charge in [-0.05, 0) is 56.7 Å². The number of carbonyl (C=O) groups excluding carboxylic acids is 1. The molecule has 0 atom stereocenters. The van der Waals surface area contributed by atoms with Crippen LogP contribution in [0.1, 0.15) is 48.7 Å². The fourth-order valence-corrected chi connectivity index (χ4v) is 2.38. The van der Waals surface area contributed by atoms with Crippen LogP contribution >= 0.6 is 0 Å². The first-order chi connectivity index (χ1) is 12.9. The van der Waals surface area contributed by atoms with Gasteiger partial charge in [0, 0.05) is 23.2 Å². The van der Waals surface area contributed by atoms with Crippen LogP contribution in [0, 0.1) is 23.7 Å². The second-order valence-electron chi connectivity index (χ2n) is 6.78. The maximum atomic E-state index is 12.8. The highest BCUT2D eigenvalue weighted by atomic mass is 16.3. The molecular weight excluding hydrogens is 334 g/mol. The van der Waals surface area contributed by atoms with E-state index in [0.29, 0.717) is 18.7 Å². The molecule has 1 amide bonds. The van der Waals surface area contributed by atoms with Gasteiger partial charge in [0.15, 0.2) is 0 Å². The molecule has 1 N–H and O–H groups in total. The lowest BCUT2D eigenvalue weighted by Crippen LogP contribution is -2.32. The number of hydrogen-bond acceptors (Lipinski definition) is 2. The first kappa shape index (κ1) is 20.3. The Bertz CT molecular complexity index is 870. The molecule has 0 aliphatic carbocycles. The summed E-state index contributed by atoms with van der Waals surface area (Å²) in [5.41, 5.74) is 1.28. The van der Waals surface area contributed by atoms with E-state index in [1.807, 2.05) is 37.3 Å². The Morgan fingerprint density at radius 1 is 1.00 bits per heavy atom. The van der Waals surface area contributed by atoms with E-state index in [9.17, 15) is 9.90 Å². The van der Waals surface area contributed by atoms with E-state index in [-0.39, 0.29) is 5.91 Å². The van der Waals surface area contributed by atoms with Gasteiger partial charge < -0.3 is 10.0 Å². The molecule has 2 aromatic rings. The molecule has 0 aliphatic rings.